The number of aromatic nitrogens is 4. The first-order valence-corrected chi connectivity index (χ1v) is 9.68. The number of fused-ring (bicyclic) bond motifs is 1. The lowest BCUT2D eigenvalue weighted by Gasteiger charge is -2.30. The molecule has 0 radical (unpaired) electrons. The van der Waals surface area contributed by atoms with E-state index in [9.17, 15) is 4.79 Å². The number of aromatic amines is 1. The lowest BCUT2D eigenvalue weighted by molar-refractivity contribution is 0.101. The standard InChI is InChI=1S/C21H28N6O/c1-13(2)27(14(3)4)10-9-22-20-18-21(24-12-23-20)26-19(25-18)17-8-6-7-16(11-17)15(5)28/h6-8,11-14H,9-10H2,1-5H3,(H2,22,23,24,25,26). The third kappa shape index (κ3) is 4.36. The smallest absolute Gasteiger partial charge is 0.183 e. The molecular weight excluding hydrogens is 352 g/mol. The normalized spacial score (nSPS) is 11.7. The molecule has 7 nitrogen and oxygen atoms in total. The van der Waals surface area contributed by atoms with Crippen LogP contribution in [0.3, 0.4) is 0 Å². The molecule has 0 aliphatic rings. The molecular formula is C21H28N6O. The van der Waals surface area contributed by atoms with Gasteiger partial charge in [-0.1, -0.05) is 18.2 Å². The Morgan fingerprint density at radius 3 is 2.61 bits per heavy atom. The Hall–Kier alpha value is -2.80. The quantitative estimate of drug-likeness (QED) is 0.579. The minimum absolute atomic E-state index is 0.0277. The van der Waals surface area contributed by atoms with Gasteiger partial charge in [0.15, 0.2) is 17.2 Å². The van der Waals surface area contributed by atoms with Crippen LogP contribution in [0.2, 0.25) is 0 Å². The number of rotatable bonds is 8. The summed E-state index contributed by atoms with van der Waals surface area (Å²) in [6.45, 7) is 12.1. The lowest BCUT2D eigenvalue weighted by Crippen LogP contribution is -2.40. The molecule has 148 valence electrons. The Bertz CT molecular complexity index is 954. The molecule has 0 unspecified atom stereocenters. The molecule has 0 aliphatic carbocycles. The SMILES string of the molecule is CC(=O)c1cccc(-c2nc3ncnc(NCCN(C(C)C)C(C)C)c3[nH]2)c1. The van der Waals surface area contributed by atoms with Crippen LogP contribution in [0.15, 0.2) is 30.6 Å². The molecule has 0 amide bonds. The molecule has 7 heteroatoms. The van der Waals surface area contributed by atoms with Gasteiger partial charge in [0.2, 0.25) is 0 Å². The minimum atomic E-state index is 0.0277. The Kier molecular flexibility index (Phi) is 6.04. The largest absolute Gasteiger partial charge is 0.367 e. The van der Waals surface area contributed by atoms with Gasteiger partial charge in [0, 0.05) is 36.3 Å². The average molecular weight is 380 g/mol. The van der Waals surface area contributed by atoms with E-state index in [-0.39, 0.29) is 5.78 Å². The van der Waals surface area contributed by atoms with E-state index in [2.05, 4.69) is 57.8 Å². The fraction of sp³-hybridized carbons (Fsp3) is 0.429. The first-order valence-electron chi connectivity index (χ1n) is 9.68. The number of hydrogen-bond donors (Lipinski definition) is 2. The van der Waals surface area contributed by atoms with Crippen LogP contribution >= 0.6 is 0 Å². The Balaban J connectivity index is 1.82. The Labute approximate surface area is 165 Å². The lowest BCUT2D eigenvalue weighted by atomic mass is 10.1. The Morgan fingerprint density at radius 1 is 1.18 bits per heavy atom. The second-order valence-electron chi connectivity index (χ2n) is 7.50. The van der Waals surface area contributed by atoms with Crippen LogP contribution in [0.25, 0.3) is 22.6 Å². The fourth-order valence-electron chi connectivity index (χ4n) is 3.40. The van der Waals surface area contributed by atoms with E-state index in [1.807, 2.05) is 18.2 Å². The number of nitrogens with one attached hydrogen (secondary N) is 2. The monoisotopic (exact) mass is 380 g/mol. The molecule has 0 fully saturated rings. The van der Waals surface area contributed by atoms with Gasteiger partial charge < -0.3 is 10.3 Å². The van der Waals surface area contributed by atoms with E-state index in [0.717, 1.165) is 30.0 Å². The zero-order valence-electron chi connectivity index (χ0n) is 17.2. The summed E-state index contributed by atoms with van der Waals surface area (Å²) in [5.41, 5.74) is 2.88. The maximum Gasteiger partial charge on any atom is 0.183 e. The molecule has 2 N–H and O–H groups in total. The predicted octanol–water partition coefficient (Wildman–Crippen LogP) is 3.75. The van der Waals surface area contributed by atoms with Crippen molar-refractivity contribution < 1.29 is 4.79 Å². The number of benzene rings is 1. The fourth-order valence-corrected chi connectivity index (χ4v) is 3.40. The first-order chi connectivity index (χ1) is 13.4. The minimum Gasteiger partial charge on any atom is -0.367 e. The highest BCUT2D eigenvalue weighted by molar-refractivity contribution is 5.95. The molecule has 0 spiro atoms. The molecule has 0 bridgehead atoms. The number of nitrogens with zero attached hydrogens (tertiary/aromatic N) is 4. The molecule has 0 aliphatic heterocycles. The van der Waals surface area contributed by atoms with Gasteiger partial charge in [-0.05, 0) is 40.7 Å². The number of carbonyl (C=O) groups is 1. The third-order valence-corrected chi connectivity index (χ3v) is 4.82. The predicted molar refractivity (Wildman–Crippen MR) is 113 cm³/mol. The van der Waals surface area contributed by atoms with E-state index in [1.165, 1.54) is 6.33 Å². The molecule has 1 aromatic carbocycles. The van der Waals surface area contributed by atoms with Crippen LogP contribution in [0.4, 0.5) is 5.82 Å². The van der Waals surface area contributed by atoms with Crippen molar-refractivity contribution in [1.29, 1.82) is 0 Å². The van der Waals surface area contributed by atoms with E-state index in [0.29, 0.717) is 29.1 Å². The summed E-state index contributed by atoms with van der Waals surface area (Å²) in [6, 6.07) is 8.39. The molecule has 0 saturated heterocycles. The highest BCUT2D eigenvalue weighted by atomic mass is 16.1. The van der Waals surface area contributed by atoms with Gasteiger partial charge >= 0.3 is 0 Å². The number of imidazole rings is 1. The van der Waals surface area contributed by atoms with Gasteiger partial charge in [0.05, 0.1) is 0 Å². The van der Waals surface area contributed by atoms with Gasteiger partial charge in [0.25, 0.3) is 0 Å². The van der Waals surface area contributed by atoms with Crippen LogP contribution in [-0.2, 0) is 0 Å². The van der Waals surface area contributed by atoms with Gasteiger partial charge in [-0.2, -0.15) is 0 Å². The van der Waals surface area contributed by atoms with Crippen molar-refractivity contribution in [3.63, 3.8) is 0 Å². The van der Waals surface area contributed by atoms with Gasteiger partial charge in [-0.25, -0.2) is 15.0 Å². The summed E-state index contributed by atoms with van der Waals surface area (Å²) in [4.78, 5) is 30.6. The summed E-state index contributed by atoms with van der Waals surface area (Å²) < 4.78 is 0. The number of carbonyl (C=O) groups excluding carboxylic acids is 1. The second-order valence-corrected chi connectivity index (χ2v) is 7.50. The van der Waals surface area contributed by atoms with Crippen molar-refractivity contribution in [3.05, 3.63) is 36.2 Å². The van der Waals surface area contributed by atoms with Crippen molar-refractivity contribution in [2.75, 3.05) is 18.4 Å². The molecule has 2 aromatic heterocycles. The average Bonchev–Trinajstić information content (AvgIpc) is 3.09. The van der Waals surface area contributed by atoms with E-state index in [1.54, 1.807) is 13.0 Å². The first kappa shape index (κ1) is 19.9. The maximum absolute atomic E-state index is 11.7. The van der Waals surface area contributed by atoms with E-state index >= 15 is 0 Å². The van der Waals surface area contributed by atoms with Crippen molar-refractivity contribution in [3.8, 4) is 11.4 Å². The van der Waals surface area contributed by atoms with Crippen molar-refractivity contribution in [2.45, 2.75) is 46.7 Å². The molecule has 3 rings (SSSR count). The van der Waals surface area contributed by atoms with E-state index < -0.39 is 0 Å². The maximum atomic E-state index is 11.7. The number of hydrogen-bond acceptors (Lipinski definition) is 6. The van der Waals surface area contributed by atoms with Gasteiger partial charge in [0.1, 0.15) is 17.7 Å². The Morgan fingerprint density at radius 2 is 1.93 bits per heavy atom. The number of H-pyrrole nitrogens is 1. The number of ketones is 1. The summed E-state index contributed by atoms with van der Waals surface area (Å²) in [6.07, 6.45) is 1.52. The zero-order chi connectivity index (χ0) is 20.3. The topological polar surface area (TPSA) is 86.8 Å². The second kappa shape index (κ2) is 8.48. The molecule has 2 heterocycles. The van der Waals surface area contributed by atoms with Crippen LogP contribution in [0, 0.1) is 0 Å². The highest BCUT2D eigenvalue weighted by Crippen LogP contribution is 2.23. The van der Waals surface area contributed by atoms with E-state index in [4.69, 9.17) is 0 Å². The summed E-state index contributed by atoms with van der Waals surface area (Å²) in [7, 11) is 0. The third-order valence-electron chi connectivity index (χ3n) is 4.82. The zero-order valence-corrected chi connectivity index (χ0v) is 17.2. The van der Waals surface area contributed by atoms with Crippen LogP contribution in [0.5, 0.6) is 0 Å². The van der Waals surface area contributed by atoms with Crippen LogP contribution in [-0.4, -0.2) is 55.8 Å². The van der Waals surface area contributed by atoms with Crippen LogP contribution < -0.4 is 5.32 Å². The van der Waals surface area contributed by atoms with Crippen molar-refractivity contribution in [1.82, 2.24) is 24.8 Å². The molecule has 28 heavy (non-hydrogen) atoms. The highest BCUT2D eigenvalue weighted by Gasteiger charge is 2.15. The summed E-state index contributed by atoms with van der Waals surface area (Å²) in [5.74, 6) is 1.44. The van der Waals surface area contributed by atoms with Gasteiger partial charge in [-0.15, -0.1) is 0 Å². The molecule has 0 saturated carbocycles. The van der Waals surface area contributed by atoms with Crippen molar-refractivity contribution in [2.24, 2.45) is 0 Å². The number of anilines is 1. The van der Waals surface area contributed by atoms with Crippen molar-refractivity contribution >= 4 is 22.8 Å². The summed E-state index contributed by atoms with van der Waals surface area (Å²) in [5, 5.41) is 3.40. The number of Topliss-reactive ketones (excluding diaryl/α,β-unsaturated/α-hetero) is 1. The summed E-state index contributed by atoms with van der Waals surface area (Å²) >= 11 is 0. The van der Waals surface area contributed by atoms with Crippen LogP contribution in [0.1, 0.15) is 45.0 Å². The molecule has 0 atom stereocenters. The van der Waals surface area contributed by atoms with Gasteiger partial charge in [-0.3, -0.25) is 9.69 Å². The molecule has 3 aromatic rings.